The number of Topliss-reactive ketones (excluding diaryl/α,β-unsaturated/α-hetero) is 1. The number of carbonyl (C=O) groups is 2. The van der Waals surface area contributed by atoms with Crippen molar-refractivity contribution < 1.29 is 19.0 Å². The maximum atomic E-state index is 12.0. The molecular weight excluding hydrogens is 286 g/mol. The van der Waals surface area contributed by atoms with Crippen molar-refractivity contribution in [1.82, 2.24) is 10.3 Å². The van der Waals surface area contributed by atoms with E-state index >= 15 is 0 Å². The summed E-state index contributed by atoms with van der Waals surface area (Å²) in [4.78, 5) is 23.9. The molecule has 0 bridgehead atoms. The van der Waals surface area contributed by atoms with Gasteiger partial charge in [0.05, 0.1) is 12.5 Å². The van der Waals surface area contributed by atoms with Crippen LogP contribution in [0.1, 0.15) is 25.3 Å². The fraction of sp³-hybridized carbons (Fsp3) is 0.267. The van der Waals surface area contributed by atoms with Gasteiger partial charge in [0.25, 0.3) is 0 Å². The Kier molecular flexibility index (Phi) is 4.98. The van der Waals surface area contributed by atoms with Crippen molar-refractivity contribution in [3.05, 3.63) is 29.3 Å². The molecule has 0 N–H and O–H groups in total. The molecule has 0 atom stereocenters. The topological polar surface area (TPSA) is 106 Å². The van der Waals surface area contributed by atoms with E-state index in [2.05, 4.69) is 14.9 Å². The van der Waals surface area contributed by atoms with E-state index in [1.165, 1.54) is 6.08 Å². The minimum Gasteiger partial charge on any atom is -0.461 e. The number of hydrogen-bond donors (Lipinski definition) is 0. The quantitative estimate of drug-likeness (QED) is 0.264. The van der Waals surface area contributed by atoms with E-state index in [4.69, 9.17) is 10.00 Å². The fourth-order valence-electron chi connectivity index (χ4n) is 1.77. The summed E-state index contributed by atoms with van der Waals surface area (Å²) >= 11 is 0. The van der Waals surface area contributed by atoms with Gasteiger partial charge < -0.3 is 4.74 Å². The molecule has 7 nitrogen and oxygen atoms in total. The number of ether oxygens (including phenoxy) is 1. The van der Waals surface area contributed by atoms with E-state index in [0.717, 1.165) is 0 Å². The first kappa shape index (κ1) is 15.4. The Hall–Kier alpha value is -3.01. The van der Waals surface area contributed by atoms with Crippen LogP contribution in [-0.2, 0) is 14.3 Å². The van der Waals surface area contributed by atoms with E-state index in [1.807, 2.05) is 6.07 Å². The molecule has 7 heteroatoms. The predicted molar refractivity (Wildman–Crippen MR) is 76.3 cm³/mol. The minimum atomic E-state index is -0.736. The molecule has 1 aromatic carbocycles. The predicted octanol–water partition coefficient (Wildman–Crippen LogP) is 2.04. The van der Waals surface area contributed by atoms with Gasteiger partial charge in [-0.2, -0.15) is 5.26 Å². The zero-order valence-corrected chi connectivity index (χ0v) is 11.9. The number of benzene rings is 1. The van der Waals surface area contributed by atoms with E-state index in [0.29, 0.717) is 16.6 Å². The van der Waals surface area contributed by atoms with Crippen LogP contribution < -0.4 is 0 Å². The summed E-state index contributed by atoms with van der Waals surface area (Å²) < 4.78 is 9.51. The number of hydrogen-bond acceptors (Lipinski definition) is 7. The lowest BCUT2D eigenvalue weighted by Crippen LogP contribution is -2.15. The van der Waals surface area contributed by atoms with Crippen molar-refractivity contribution in [1.29, 1.82) is 5.26 Å². The molecule has 0 aliphatic rings. The highest BCUT2D eigenvalue weighted by Gasteiger charge is 2.18. The maximum Gasteiger partial charge on any atom is 0.341 e. The van der Waals surface area contributed by atoms with Gasteiger partial charge in [0.1, 0.15) is 23.2 Å². The second kappa shape index (κ2) is 7.13. The Balaban J connectivity index is 2.29. The lowest BCUT2D eigenvalue weighted by molar-refractivity contribution is -0.140. The smallest absolute Gasteiger partial charge is 0.341 e. The second-order valence-electron chi connectivity index (χ2n) is 4.39. The lowest BCUT2D eigenvalue weighted by Gasteiger charge is -2.05. The van der Waals surface area contributed by atoms with Crippen LogP contribution in [0.3, 0.4) is 0 Å². The third-order valence-corrected chi connectivity index (χ3v) is 2.88. The summed E-state index contributed by atoms with van der Waals surface area (Å²) in [6.45, 7) is 1.61. The molecule has 0 aliphatic heterocycles. The molecule has 2 aromatic rings. The molecule has 0 unspecified atom stereocenters. The molecule has 1 aromatic heterocycles. The largest absolute Gasteiger partial charge is 0.461 e. The van der Waals surface area contributed by atoms with Gasteiger partial charge in [-0.05, 0) is 34.1 Å². The van der Waals surface area contributed by atoms with Crippen molar-refractivity contribution in [2.24, 2.45) is 0 Å². The average molecular weight is 299 g/mol. The molecular formula is C15H13N3O4. The number of nitriles is 1. The minimum absolute atomic E-state index is 0.0457. The Morgan fingerprint density at radius 2 is 2.14 bits per heavy atom. The molecule has 0 saturated carbocycles. The van der Waals surface area contributed by atoms with Gasteiger partial charge in [0.15, 0.2) is 5.78 Å². The Morgan fingerprint density at radius 1 is 1.36 bits per heavy atom. The maximum absolute atomic E-state index is 12.0. The van der Waals surface area contributed by atoms with E-state index < -0.39 is 5.97 Å². The van der Waals surface area contributed by atoms with Crippen molar-refractivity contribution in [2.75, 3.05) is 6.61 Å². The number of aromatic nitrogens is 2. The average Bonchev–Trinajstić information content (AvgIpc) is 2.99. The van der Waals surface area contributed by atoms with Crippen LogP contribution >= 0.6 is 0 Å². The fourth-order valence-corrected chi connectivity index (χ4v) is 1.77. The summed E-state index contributed by atoms with van der Waals surface area (Å²) in [5.74, 6) is -1.07. The molecule has 0 aliphatic carbocycles. The second-order valence-corrected chi connectivity index (χ2v) is 4.39. The lowest BCUT2D eigenvalue weighted by atomic mass is 10.1. The molecule has 2 rings (SSSR count). The SMILES string of the molecule is CCC(=O)/C(=C/c1ccc2nonc2c1)C(=O)OCCC#N. The number of fused-ring (bicyclic) bond motifs is 1. The van der Waals surface area contributed by atoms with Gasteiger partial charge in [0.2, 0.25) is 0 Å². The van der Waals surface area contributed by atoms with Crippen LogP contribution in [0, 0.1) is 11.3 Å². The first-order valence-electron chi connectivity index (χ1n) is 6.67. The molecule has 1 heterocycles. The molecule has 0 saturated heterocycles. The van der Waals surface area contributed by atoms with E-state index in [-0.39, 0.29) is 30.8 Å². The Morgan fingerprint density at radius 3 is 2.86 bits per heavy atom. The standard InChI is InChI=1S/C15H13N3O4/c1-2-14(19)11(15(20)21-7-3-6-16)8-10-4-5-12-13(9-10)18-22-17-12/h4-5,8-9H,2-3,7H2,1H3/b11-8-. The summed E-state index contributed by atoms with van der Waals surface area (Å²) in [6.07, 6.45) is 1.69. The number of esters is 1. The zero-order chi connectivity index (χ0) is 15.9. The van der Waals surface area contributed by atoms with Gasteiger partial charge >= 0.3 is 5.97 Å². The molecule has 0 radical (unpaired) electrons. The van der Waals surface area contributed by atoms with Crippen molar-refractivity contribution in [3.8, 4) is 6.07 Å². The normalized spacial score (nSPS) is 11.2. The zero-order valence-electron chi connectivity index (χ0n) is 11.9. The molecule has 0 amide bonds. The third kappa shape index (κ3) is 3.55. The van der Waals surface area contributed by atoms with E-state index in [9.17, 15) is 9.59 Å². The summed E-state index contributed by atoms with van der Waals surface area (Å²) in [5.41, 5.74) is 1.65. The van der Waals surface area contributed by atoms with Crippen molar-refractivity contribution >= 4 is 28.9 Å². The van der Waals surface area contributed by atoms with Crippen LogP contribution in [0.4, 0.5) is 0 Å². The van der Waals surface area contributed by atoms with Gasteiger partial charge in [-0.15, -0.1) is 0 Å². The molecule has 112 valence electrons. The molecule has 22 heavy (non-hydrogen) atoms. The van der Waals surface area contributed by atoms with Crippen LogP contribution in [0.2, 0.25) is 0 Å². The highest BCUT2D eigenvalue weighted by atomic mass is 16.6. The highest BCUT2D eigenvalue weighted by Crippen LogP contribution is 2.16. The molecule has 0 fully saturated rings. The monoisotopic (exact) mass is 299 g/mol. The summed E-state index contributed by atoms with van der Waals surface area (Å²) in [6, 6.07) is 6.88. The highest BCUT2D eigenvalue weighted by molar-refractivity contribution is 6.20. The van der Waals surface area contributed by atoms with E-state index in [1.54, 1.807) is 25.1 Å². The Bertz CT molecular complexity index is 770. The number of ketones is 1. The van der Waals surface area contributed by atoms with Gasteiger partial charge in [0, 0.05) is 6.42 Å². The van der Waals surface area contributed by atoms with Gasteiger partial charge in [-0.25, -0.2) is 9.42 Å². The van der Waals surface area contributed by atoms with Crippen LogP contribution in [0.5, 0.6) is 0 Å². The molecule has 0 spiro atoms. The van der Waals surface area contributed by atoms with Crippen LogP contribution in [0.15, 0.2) is 28.4 Å². The summed E-state index contributed by atoms with van der Waals surface area (Å²) in [5, 5.41) is 15.8. The van der Waals surface area contributed by atoms with Crippen LogP contribution in [0.25, 0.3) is 17.1 Å². The van der Waals surface area contributed by atoms with Crippen LogP contribution in [-0.4, -0.2) is 28.7 Å². The number of carbonyl (C=O) groups excluding carboxylic acids is 2. The van der Waals surface area contributed by atoms with Gasteiger partial charge in [-0.3, -0.25) is 4.79 Å². The Labute approximate surface area is 126 Å². The third-order valence-electron chi connectivity index (χ3n) is 2.88. The number of nitrogens with zero attached hydrogens (tertiary/aromatic N) is 3. The van der Waals surface area contributed by atoms with Crippen molar-refractivity contribution in [3.63, 3.8) is 0 Å². The first-order valence-corrected chi connectivity index (χ1v) is 6.67. The number of rotatable bonds is 6. The van der Waals surface area contributed by atoms with Crippen molar-refractivity contribution in [2.45, 2.75) is 19.8 Å². The summed E-state index contributed by atoms with van der Waals surface area (Å²) in [7, 11) is 0. The first-order chi connectivity index (χ1) is 10.7. The van der Waals surface area contributed by atoms with Gasteiger partial charge in [-0.1, -0.05) is 13.0 Å².